The molecule has 24 heavy (non-hydrogen) atoms. The van der Waals surface area contributed by atoms with Crippen molar-refractivity contribution < 1.29 is 4.79 Å². The predicted octanol–water partition coefficient (Wildman–Crippen LogP) is 3.29. The number of benzene rings is 1. The molecule has 1 amide bonds. The van der Waals surface area contributed by atoms with Gasteiger partial charge in [-0.3, -0.25) is 9.69 Å². The summed E-state index contributed by atoms with van der Waals surface area (Å²) < 4.78 is 1.18. The molecule has 0 spiro atoms. The quantitative estimate of drug-likeness (QED) is 0.760. The fraction of sp³-hybridized carbons (Fsp3) is 0.389. The van der Waals surface area contributed by atoms with E-state index in [4.69, 9.17) is 0 Å². The molecule has 1 saturated heterocycles. The van der Waals surface area contributed by atoms with E-state index in [-0.39, 0.29) is 5.91 Å². The fourth-order valence-corrected chi connectivity index (χ4v) is 4.41. The summed E-state index contributed by atoms with van der Waals surface area (Å²) in [6.07, 6.45) is 0. The molecular weight excluding hydrogens is 386 g/mol. The average Bonchev–Trinajstić information content (AvgIpc) is 3.01. The minimum Gasteiger partial charge on any atom is -0.365 e. The van der Waals surface area contributed by atoms with Gasteiger partial charge in [0.1, 0.15) is 0 Å². The zero-order valence-electron chi connectivity index (χ0n) is 13.8. The van der Waals surface area contributed by atoms with Crippen LogP contribution in [0.2, 0.25) is 0 Å². The molecule has 0 saturated carbocycles. The number of thiophene rings is 1. The van der Waals surface area contributed by atoms with Crippen LogP contribution in [-0.2, 0) is 11.3 Å². The van der Waals surface area contributed by atoms with E-state index in [1.54, 1.807) is 11.3 Å². The maximum Gasteiger partial charge on any atom is 0.242 e. The van der Waals surface area contributed by atoms with Crippen molar-refractivity contribution in [3.05, 3.63) is 51.1 Å². The molecule has 0 aliphatic carbocycles. The van der Waals surface area contributed by atoms with Gasteiger partial charge in [-0.1, -0.05) is 18.2 Å². The van der Waals surface area contributed by atoms with E-state index in [1.165, 1.54) is 8.66 Å². The van der Waals surface area contributed by atoms with Crippen molar-refractivity contribution >= 4 is 38.9 Å². The Morgan fingerprint density at radius 1 is 1.12 bits per heavy atom. The Kier molecular flexibility index (Phi) is 5.92. The molecule has 4 nitrogen and oxygen atoms in total. The van der Waals surface area contributed by atoms with Crippen molar-refractivity contribution in [2.75, 3.05) is 44.7 Å². The summed E-state index contributed by atoms with van der Waals surface area (Å²) in [7, 11) is 1.97. The SMILES string of the molecule is CN(CC(=O)N1CCN(Cc2ccc(Br)s2)CC1)c1ccccc1. The molecule has 1 aliphatic rings. The van der Waals surface area contributed by atoms with Crippen LogP contribution >= 0.6 is 27.3 Å². The van der Waals surface area contributed by atoms with Crippen molar-refractivity contribution in [3.8, 4) is 0 Å². The van der Waals surface area contributed by atoms with E-state index in [0.29, 0.717) is 6.54 Å². The molecule has 1 aromatic carbocycles. The number of carbonyl (C=O) groups is 1. The van der Waals surface area contributed by atoms with Crippen LogP contribution in [0.5, 0.6) is 0 Å². The normalized spacial score (nSPS) is 15.5. The summed E-state index contributed by atoms with van der Waals surface area (Å²) in [6, 6.07) is 14.3. The summed E-state index contributed by atoms with van der Waals surface area (Å²) in [5.74, 6) is 0.208. The van der Waals surface area contributed by atoms with Gasteiger partial charge in [0.2, 0.25) is 5.91 Å². The maximum atomic E-state index is 12.5. The van der Waals surface area contributed by atoms with E-state index in [9.17, 15) is 4.79 Å². The highest BCUT2D eigenvalue weighted by Gasteiger charge is 2.22. The minimum absolute atomic E-state index is 0.208. The molecule has 0 atom stereocenters. The van der Waals surface area contributed by atoms with Crippen molar-refractivity contribution in [2.24, 2.45) is 0 Å². The highest BCUT2D eigenvalue weighted by Crippen LogP contribution is 2.23. The van der Waals surface area contributed by atoms with Crippen molar-refractivity contribution in [2.45, 2.75) is 6.54 Å². The van der Waals surface area contributed by atoms with E-state index in [1.807, 2.05) is 47.2 Å². The number of carbonyl (C=O) groups excluding carboxylic acids is 1. The summed E-state index contributed by atoms with van der Waals surface area (Å²) in [4.78, 5) is 20.3. The average molecular weight is 408 g/mol. The number of piperazine rings is 1. The second kappa shape index (κ2) is 8.14. The van der Waals surface area contributed by atoms with Crippen LogP contribution in [0.15, 0.2) is 46.3 Å². The smallest absolute Gasteiger partial charge is 0.242 e. The van der Waals surface area contributed by atoms with Crippen LogP contribution < -0.4 is 4.90 Å². The zero-order valence-corrected chi connectivity index (χ0v) is 16.2. The Hall–Kier alpha value is -1.37. The number of hydrogen-bond acceptors (Lipinski definition) is 4. The predicted molar refractivity (Wildman–Crippen MR) is 104 cm³/mol. The number of rotatable bonds is 5. The van der Waals surface area contributed by atoms with Gasteiger partial charge in [0.25, 0.3) is 0 Å². The first-order chi connectivity index (χ1) is 11.6. The van der Waals surface area contributed by atoms with E-state index >= 15 is 0 Å². The summed E-state index contributed by atoms with van der Waals surface area (Å²) in [6.45, 7) is 4.92. The molecule has 0 radical (unpaired) electrons. The summed E-state index contributed by atoms with van der Waals surface area (Å²) >= 11 is 5.29. The second-order valence-electron chi connectivity index (χ2n) is 6.05. The van der Waals surface area contributed by atoms with Crippen molar-refractivity contribution in [3.63, 3.8) is 0 Å². The lowest BCUT2D eigenvalue weighted by Gasteiger charge is -2.35. The highest BCUT2D eigenvalue weighted by atomic mass is 79.9. The third-order valence-electron chi connectivity index (χ3n) is 4.30. The Balaban J connectivity index is 1.46. The Bertz CT molecular complexity index is 668. The molecule has 3 rings (SSSR count). The highest BCUT2D eigenvalue weighted by molar-refractivity contribution is 9.11. The van der Waals surface area contributed by atoms with Crippen molar-refractivity contribution in [1.82, 2.24) is 9.80 Å². The Morgan fingerprint density at radius 3 is 2.46 bits per heavy atom. The number of amides is 1. The number of hydrogen-bond donors (Lipinski definition) is 0. The van der Waals surface area contributed by atoms with Crippen LogP contribution in [0.4, 0.5) is 5.69 Å². The van der Waals surface area contributed by atoms with Crippen LogP contribution in [0.1, 0.15) is 4.88 Å². The first kappa shape index (κ1) is 17.5. The molecule has 128 valence electrons. The third kappa shape index (κ3) is 4.59. The Labute approximate surface area is 155 Å². The minimum atomic E-state index is 0.208. The molecule has 2 heterocycles. The monoisotopic (exact) mass is 407 g/mol. The lowest BCUT2D eigenvalue weighted by atomic mass is 10.2. The van der Waals surface area contributed by atoms with Crippen LogP contribution in [-0.4, -0.2) is 55.5 Å². The van der Waals surface area contributed by atoms with Gasteiger partial charge < -0.3 is 9.80 Å². The van der Waals surface area contributed by atoms with Gasteiger partial charge in [-0.2, -0.15) is 0 Å². The fourth-order valence-electron chi connectivity index (χ4n) is 2.89. The van der Waals surface area contributed by atoms with Gasteiger partial charge in [0.15, 0.2) is 0 Å². The largest absolute Gasteiger partial charge is 0.365 e. The van der Waals surface area contributed by atoms with Gasteiger partial charge in [-0.15, -0.1) is 11.3 Å². The zero-order chi connectivity index (χ0) is 16.9. The molecule has 0 N–H and O–H groups in total. The number of anilines is 1. The lowest BCUT2D eigenvalue weighted by molar-refractivity contribution is -0.131. The van der Waals surface area contributed by atoms with Gasteiger partial charge in [0.05, 0.1) is 10.3 Å². The molecule has 0 bridgehead atoms. The maximum absolute atomic E-state index is 12.5. The second-order valence-corrected chi connectivity index (χ2v) is 8.60. The molecule has 1 aliphatic heterocycles. The number of nitrogens with zero attached hydrogens (tertiary/aromatic N) is 3. The van der Waals surface area contributed by atoms with Gasteiger partial charge >= 0.3 is 0 Å². The van der Waals surface area contributed by atoms with E-state index < -0.39 is 0 Å². The first-order valence-corrected chi connectivity index (χ1v) is 9.73. The number of para-hydroxylation sites is 1. The molecular formula is C18H22BrN3OS. The van der Waals surface area contributed by atoms with Crippen LogP contribution in [0.3, 0.4) is 0 Å². The number of halogens is 1. The molecule has 1 aromatic heterocycles. The lowest BCUT2D eigenvalue weighted by Crippen LogP contribution is -2.50. The summed E-state index contributed by atoms with van der Waals surface area (Å²) in [5.41, 5.74) is 1.08. The molecule has 0 unspecified atom stereocenters. The van der Waals surface area contributed by atoms with Crippen LogP contribution in [0, 0.1) is 0 Å². The topological polar surface area (TPSA) is 26.8 Å². The van der Waals surface area contributed by atoms with Crippen LogP contribution in [0.25, 0.3) is 0 Å². The molecule has 6 heteroatoms. The summed E-state index contributed by atoms with van der Waals surface area (Å²) in [5, 5.41) is 0. The molecule has 1 fully saturated rings. The third-order valence-corrected chi connectivity index (χ3v) is 5.91. The van der Waals surface area contributed by atoms with E-state index in [0.717, 1.165) is 38.4 Å². The standard InChI is InChI=1S/C18H22BrN3OS/c1-20(15-5-3-2-4-6-15)14-18(23)22-11-9-21(10-12-22)13-16-7-8-17(19)24-16/h2-8H,9-14H2,1H3. The first-order valence-electron chi connectivity index (χ1n) is 8.12. The Morgan fingerprint density at radius 2 is 1.83 bits per heavy atom. The van der Waals surface area contributed by atoms with E-state index in [2.05, 4.69) is 33.0 Å². The number of likely N-dealkylation sites (N-methyl/N-ethyl adjacent to an activating group) is 1. The van der Waals surface area contributed by atoms with Gasteiger partial charge in [-0.05, 0) is 40.2 Å². The van der Waals surface area contributed by atoms with Crippen molar-refractivity contribution in [1.29, 1.82) is 0 Å². The molecule has 2 aromatic rings. The van der Waals surface area contributed by atoms with Gasteiger partial charge in [0, 0.05) is 50.3 Å². The van der Waals surface area contributed by atoms with Gasteiger partial charge in [-0.25, -0.2) is 0 Å².